The normalized spacial score (nSPS) is 12.4. The fourth-order valence-electron chi connectivity index (χ4n) is 11.1. The Labute approximate surface area is 401 Å². The van der Waals surface area contributed by atoms with Gasteiger partial charge in [0.2, 0.25) is 0 Å². The Morgan fingerprint density at radius 2 is 0.955 bits per heavy atom. The maximum atomic E-state index is 4.52. The maximum absolute atomic E-state index is 4.52. The molecule has 13 aromatic rings. The van der Waals surface area contributed by atoms with Crippen molar-refractivity contribution >= 4 is 87.2 Å². The fraction of sp³-hybridized carbons (Fsp3) is 0.200. The molecule has 0 saturated carbocycles. The van der Waals surface area contributed by atoms with E-state index in [1.165, 1.54) is 110 Å². The molecule has 66 heavy (non-hydrogen) atoms. The maximum Gasteiger partial charge on any atom is 0.269 e. The van der Waals surface area contributed by atoms with E-state index in [-0.39, 0.29) is 22.4 Å². The molecule has 329 valence electrons. The first kappa shape index (κ1) is 42.2. The summed E-state index contributed by atoms with van der Waals surface area (Å²) in [6, 6.07) is 52.7. The van der Waals surface area contributed by atoms with Gasteiger partial charge in [-0.05, 0) is 85.9 Å². The van der Waals surface area contributed by atoms with E-state index in [1.54, 1.807) is 0 Å². The van der Waals surface area contributed by atoms with Gasteiger partial charge in [0, 0.05) is 62.0 Å². The van der Waals surface area contributed by atoms with Crippen LogP contribution < -0.4 is 4.57 Å². The molecule has 0 saturated heterocycles. The van der Waals surface area contributed by atoms with Crippen LogP contribution in [0.4, 0.5) is 0 Å². The molecule has 7 aromatic carbocycles. The molecule has 1 radical (unpaired) electrons. The molecule has 0 unspecified atom stereocenters. The van der Waals surface area contributed by atoms with Crippen molar-refractivity contribution in [1.82, 2.24) is 18.4 Å². The molecular weight excluding hydrogens is 988 g/mol. The summed E-state index contributed by atoms with van der Waals surface area (Å²) in [5.41, 5.74) is 17.6. The standard InChI is InChI=1S/C30H37N3.C30H15N2.Au/c1-19(2)23-11-9-12-24(20(3)4)29(23)32-18-33(28-17-31-16-15-27(28)32)30-25(21(5)6)13-10-14-26(30)22(7)8;1-3-13-25-17(7-1)19-9-5-11-21-23-16-28-24(15-27(23)31(25)29(19)21)22-12-6-10-20-18-8-2-4-14-26(18)32(28)30(20)22;/h9-17,19-22H,1-8H3;1-15H;/q;-1;. The predicted octanol–water partition coefficient (Wildman–Crippen LogP) is 15.4. The van der Waals surface area contributed by atoms with E-state index in [0.29, 0.717) is 23.7 Å². The second-order valence-electron chi connectivity index (χ2n) is 19.2. The first-order chi connectivity index (χ1) is 31.6. The van der Waals surface area contributed by atoms with Crippen LogP contribution in [-0.4, -0.2) is 18.4 Å². The minimum absolute atomic E-state index is 0. The molecule has 0 amide bonds. The molecule has 0 atom stereocenters. The summed E-state index contributed by atoms with van der Waals surface area (Å²) in [6.45, 7) is 18.2. The third-order valence-electron chi connectivity index (χ3n) is 14.0. The van der Waals surface area contributed by atoms with E-state index in [1.807, 2.05) is 12.4 Å². The molecule has 6 heterocycles. The minimum atomic E-state index is 0. The minimum Gasteiger partial charge on any atom is -0.358 e. The Morgan fingerprint density at radius 3 is 1.55 bits per heavy atom. The van der Waals surface area contributed by atoms with Gasteiger partial charge in [-0.2, -0.15) is 0 Å². The molecule has 13 rings (SSSR count). The number of aromatic nitrogens is 5. The number of hydrogen-bond donors (Lipinski definition) is 0. The van der Waals surface area contributed by atoms with Crippen molar-refractivity contribution in [1.29, 1.82) is 0 Å². The van der Waals surface area contributed by atoms with Gasteiger partial charge >= 0.3 is 0 Å². The van der Waals surface area contributed by atoms with Gasteiger partial charge in [-0.3, -0.25) is 14.1 Å². The van der Waals surface area contributed by atoms with Crippen LogP contribution in [-0.2, 0) is 22.4 Å². The average Bonchev–Trinajstić information content (AvgIpc) is 4.12. The molecule has 0 bridgehead atoms. The Balaban J connectivity index is 0.000000144. The zero-order valence-corrected chi connectivity index (χ0v) is 40.9. The second kappa shape index (κ2) is 15.8. The van der Waals surface area contributed by atoms with Crippen LogP contribution in [0.1, 0.15) is 101 Å². The van der Waals surface area contributed by atoms with Gasteiger partial charge < -0.3 is 8.80 Å². The van der Waals surface area contributed by atoms with Crippen molar-refractivity contribution in [3.63, 3.8) is 0 Å². The Kier molecular flexibility index (Phi) is 10.1. The largest absolute Gasteiger partial charge is 0.358 e. The second-order valence-corrected chi connectivity index (χ2v) is 19.2. The number of hydrogen-bond acceptors (Lipinski definition) is 1. The van der Waals surface area contributed by atoms with Crippen LogP contribution in [0.25, 0.3) is 98.6 Å². The van der Waals surface area contributed by atoms with E-state index in [4.69, 9.17) is 0 Å². The van der Waals surface area contributed by atoms with Gasteiger partial charge in [0.05, 0.1) is 33.4 Å². The van der Waals surface area contributed by atoms with E-state index < -0.39 is 0 Å². The summed E-state index contributed by atoms with van der Waals surface area (Å²) in [6.07, 6.45) is 7.67. The molecule has 0 N–H and O–H groups in total. The first-order valence-electron chi connectivity index (χ1n) is 23.3. The number of benzene rings is 7. The van der Waals surface area contributed by atoms with Gasteiger partial charge in [-0.15, -0.1) is 17.5 Å². The van der Waals surface area contributed by atoms with Crippen LogP contribution in [0, 0.1) is 12.4 Å². The number of pyridine rings is 1. The smallest absolute Gasteiger partial charge is 0.269 e. The van der Waals surface area contributed by atoms with Crippen LogP contribution in [0.2, 0.25) is 0 Å². The summed E-state index contributed by atoms with van der Waals surface area (Å²) in [5.74, 6) is 1.63. The van der Waals surface area contributed by atoms with Gasteiger partial charge in [0.15, 0.2) is 0 Å². The summed E-state index contributed by atoms with van der Waals surface area (Å²) in [4.78, 5) is 4.52. The monoisotopic (exact) mass is 1040 g/mol. The molecule has 0 aliphatic carbocycles. The molecular formula is C60H52AuN5-. The average molecular weight is 1040 g/mol. The summed E-state index contributed by atoms with van der Waals surface area (Å²) in [7, 11) is 0. The molecule has 5 nitrogen and oxygen atoms in total. The van der Waals surface area contributed by atoms with E-state index in [9.17, 15) is 0 Å². The van der Waals surface area contributed by atoms with Crippen LogP contribution in [0.15, 0.2) is 146 Å². The van der Waals surface area contributed by atoms with Gasteiger partial charge in [0.1, 0.15) is 0 Å². The topological polar surface area (TPSA) is 30.5 Å². The molecule has 0 aliphatic rings. The van der Waals surface area contributed by atoms with Gasteiger partial charge in [-0.25, -0.2) is 0 Å². The number of rotatable bonds is 6. The fourth-order valence-corrected chi connectivity index (χ4v) is 11.1. The molecule has 6 aromatic heterocycles. The van der Waals surface area contributed by atoms with Crippen molar-refractivity contribution in [2.45, 2.75) is 79.1 Å². The number of imidazole rings is 1. The Morgan fingerprint density at radius 1 is 0.470 bits per heavy atom. The zero-order valence-electron chi connectivity index (χ0n) is 38.7. The third kappa shape index (κ3) is 6.03. The Hall–Kier alpha value is -6.50. The van der Waals surface area contributed by atoms with Crippen molar-refractivity contribution in [3.05, 3.63) is 181 Å². The molecule has 0 spiro atoms. The van der Waals surface area contributed by atoms with Crippen LogP contribution >= 0.6 is 0 Å². The molecule has 0 fully saturated rings. The SMILES string of the molecule is CC(C)c1cccc(C(C)C)c1-n1[c-][n+](-c2c(C(C)C)cccc2C(C)C)c2cnccc21.[Au].[c-]1c2c3cccc4c5ccccc5n(c2cc2c5cccc6c7ccccc7n(c12)c56)c34. The first-order valence-corrected chi connectivity index (χ1v) is 23.3. The molecule has 6 heteroatoms. The summed E-state index contributed by atoms with van der Waals surface area (Å²) >= 11 is 0. The van der Waals surface area contributed by atoms with Gasteiger partial charge in [-0.1, -0.05) is 175 Å². The van der Waals surface area contributed by atoms with Crippen LogP contribution in [0.3, 0.4) is 0 Å². The van der Waals surface area contributed by atoms with Gasteiger partial charge in [0.25, 0.3) is 6.33 Å². The zero-order chi connectivity index (χ0) is 44.4. The molecule has 0 aliphatic heterocycles. The van der Waals surface area contributed by atoms with Crippen molar-refractivity contribution in [3.8, 4) is 11.4 Å². The van der Waals surface area contributed by atoms with Crippen LogP contribution in [0.5, 0.6) is 0 Å². The van der Waals surface area contributed by atoms with E-state index in [0.717, 1.165) is 11.0 Å². The number of nitrogens with zero attached hydrogens (tertiary/aromatic N) is 5. The predicted molar refractivity (Wildman–Crippen MR) is 272 cm³/mol. The van der Waals surface area contributed by atoms with Crippen molar-refractivity contribution in [2.75, 3.05) is 0 Å². The number of para-hydroxylation sites is 6. The quantitative estimate of drug-likeness (QED) is 0.0927. The third-order valence-corrected chi connectivity index (χ3v) is 14.0. The summed E-state index contributed by atoms with van der Waals surface area (Å²) in [5, 5.41) is 10.3. The van der Waals surface area contributed by atoms with E-state index in [2.05, 4.69) is 224 Å². The van der Waals surface area contributed by atoms with Crippen molar-refractivity contribution < 1.29 is 26.9 Å². The Bertz CT molecular complexity index is 3660. The van der Waals surface area contributed by atoms with E-state index >= 15 is 0 Å². The van der Waals surface area contributed by atoms with Crippen molar-refractivity contribution in [2.24, 2.45) is 0 Å². The summed E-state index contributed by atoms with van der Waals surface area (Å²) < 4.78 is 9.40. The number of fused-ring (bicyclic) bond motifs is 13.